The molecule has 0 bridgehead atoms. The molecule has 0 saturated heterocycles. The number of benzene rings is 2. The molecule has 7 heteroatoms. The van der Waals surface area contributed by atoms with E-state index < -0.39 is 10.0 Å². The van der Waals surface area contributed by atoms with Gasteiger partial charge in [-0.3, -0.25) is 9.40 Å². The maximum Gasteiger partial charge on any atom is 0.262 e. The first-order chi connectivity index (χ1) is 12.7. The summed E-state index contributed by atoms with van der Waals surface area (Å²) in [5, 5.41) is 5.01. The molecule has 0 atom stereocenters. The van der Waals surface area contributed by atoms with Gasteiger partial charge in [0.05, 0.1) is 17.1 Å². The monoisotopic (exact) mass is 403 g/mol. The number of hydrogen-bond acceptors (Lipinski definition) is 3. The predicted molar refractivity (Wildman–Crippen MR) is 109 cm³/mol. The van der Waals surface area contributed by atoms with Crippen LogP contribution in [0.1, 0.15) is 28.1 Å². The lowest BCUT2D eigenvalue weighted by molar-refractivity contribution is 0.600. The Kier molecular flexibility index (Phi) is 5.31. The SMILES string of the molecule is Cc1cc(C)n(Cc2cccc(NS(=O)(=O)c3cc(C)c(Cl)cc3C)c2)n1. The second-order valence-electron chi connectivity index (χ2n) is 6.76. The summed E-state index contributed by atoms with van der Waals surface area (Å²) in [6.07, 6.45) is 0. The molecule has 0 aliphatic rings. The number of nitrogens with zero attached hydrogens (tertiary/aromatic N) is 2. The van der Waals surface area contributed by atoms with Crippen LogP contribution in [0.15, 0.2) is 47.4 Å². The van der Waals surface area contributed by atoms with Crippen molar-refractivity contribution in [2.45, 2.75) is 39.1 Å². The second kappa shape index (κ2) is 7.37. The molecule has 1 heterocycles. The van der Waals surface area contributed by atoms with Crippen LogP contribution in [0.5, 0.6) is 0 Å². The van der Waals surface area contributed by atoms with Gasteiger partial charge in [-0.05, 0) is 74.7 Å². The van der Waals surface area contributed by atoms with Crippen LogP contribution in [-0.2, 0) is 16.6 Å². The molecule has 0 saturated carbocycles. The molecular weight excluding hydrogens is 382 g/mol. The molecule has 3 rings (SSSR count). The zero-order valence-corrected chi connectivity index (χ0v) is 17.3. The van der Waals surface area contributed by atoms with Gasteiger partial charge in [0, 0.05) is 16.4 Å². The van der Waals surface area contributed by atoms with Crippen LogP contribution in [0.4, 0.5) is 5.69 Å². The summed E-state index contributed by atoms with van der Waals surface area (Å²) in [5.74, 6) is 0. The molecule has 2 aromatic carbocycles. The molecule has 142 valence electrons. The van der Waals surface area contributed by atoms with Crippen LogP contribution in [0, 0.1) is 27.7 Å². The summed E-state index contributed by atoms with van der Waals surface area (Å²) in [7, 11) is -3.71. The molecule has 0 radical (unpaired) electrons. The molecule has 3 aromatic rings. The predicted octanol–water partition coefficient (Wildman–Crippen LogP) is 4.62. The average Bonchev–Trinajstić information content (AvgIpc) is 2.88. The minimum Gasteiger partial charge on any atom is -0.280 e. The molecule has 0 amide bonds. The summed E-state index contributed by atoms with van der Waals surface area (Å²) in [6, 6.07) is 12.6. The van der Waals surface area contributed by atoms with Crippen molar-refractivity contribution in [3.05, 3.63) is 75.6 Å². The highest BCUT2D eigenvalue weighted by Crippen LogP contribution is 2.26. The van der Waals surface area contributed by atoms with Gasteiger partial charge in [-0.25, -0.2) is 8.42 Å². The van der Waals surface area contributed by atoms with Gasteiger partial charge in [0.15, 0.2) is 0 Å². The van der Waals surface area contributed by atoms with E-state index in [0.29, 0.717) is 22.8 Å². The molecule has 5 nitrogen and oxygen atoms in total. The summed E-state index contributed by atoms with van der Waals surface area (Å²) in [6.45, 7) is 8.05. The van der Waals surface area contributed by atoms with E-state index in [2.05, 4.69) is 9.82 Å². The highest BCUT2D eigenvalue weighted by atomic mass is 35.5. The molecule has 0 fully saturated rings. The largest absolute Gasteiger partial charge is 0.280 e. The van der Waals surface area contributed by atoms with Crippen molar-refractivity contribution in [3.63, 3.8) is 0 Å². The maximum atomic E-state index is 12.8. The molecule has 27 heavy (non-hydrogen) atoms. The summed E-state index contributed by atoms with van der Waals surface area (Å²) >= 11 is 6.08. The molecular formula is C20H22ClN3O2S. The normalized spacial score (nSPS) is 11.6. The lowest BCUT2D eigenvalue weighted by Crippen LogP contribution is -2.15. The maximum absolute atomic E-state index is 12.8. The Hall–Kier alpha value is -2.31. The highest BCUT2D eigenvalue weighted by Gasteiger charge is 2.18. The Morgan fingerprint density at radius 2 is 1.78 bits per heavy atom. The number of aryl methyl sites for hydroxylation is 4. The topological polar surface area (TPSA) is 64.0 Å². The minimum atomic E-state index is -3.71. The van der Waals surface area contributed by atoms with E-state index in [1.54, 1.807) is 32.0 Å². The average molecular weight is 404 g/mol. The van der Waals surface area contributed by atoms with Crippen LogP contribution in [0.25, 0.3) is 0 Å². The molecule has 1 N–H and O–H groups in total. The quantitative estimate of drug-likeness (QED) is 0.676. The third-order valence-corrected chi connectivity index (χ3v) is 6.29. The van der Waals surface area contributed by atoms with Gasteiger partial charge in [0.25, 0.3) is 10.0 Å². The zero-order valence-electron chi connectivity index (χ0n) is 15.7. The summed E-state index contributed by atoms with van der Waals surface area (Å²) in [5.41, 5.74) is 4.83. The second-order valence-corrected chi connectivity index (χ2v) is 8.82. The van der Waals surface area contributed by atoms with E-state index in [9.17, 15) is 8.42 Å². The Morgan fingerprint density at radius 1 is 1.04 bits per heavy atom. The number of nitrogens with one attached hydrogen (secondary N) is 1. The first-order valence-electron chi connectivity index (χ1n) is 8.55. The summed E-state index contributed by atoms with van der Waals surface area (Å²) in [4.78, 5) is 0.230. The van der Waals surface area contributed by atoms with Crippen LogP contribution in [0.3, 0.4) is 0 Å². The minimum absolute atomic E-state index is 0.230. The van der Waals surface area contributed by atoms with Crippen LogP contribution < -0.4 is 4.72 Å². The van der Waals surface area contributed by atoms with Crippen LogP contribution in [-0.4, -0.2) is 18.2 Å². The lowest BCUT2D eigenvalue weighted by atomic mass is 10.2. The van der Waals surface area contributed by atoms with Gasteiger partial charge in [-0.15, -0.1) is 0 Å². The van der Waals surface area contributed by atoms with Crippen LogP contribution in [0.2, 0.25) is 5.02 Å². The fraction of sp³-hybridized carbons (Fsp3) is 0.250. The number of halogens is 1. The number of rotatable bonds is 5. The third kappa shape index (κ3) is 4.34. The first-order valence-corrected chi connectivity index (χ1v) is 10.4. The number of aromatic nitrogens is 2. The molecule has 0 aliphatic heterocycles. The molecule has 0 spiro atoms. The van der Waals surface area contributed by atoms with Gasteiger partial charge < -0.3 is 0 Å². The highest BCUT2D eigenvalue weighted by molar-refractivity contribution is 7.92. The van der Waals surface area contributed by atoms with Crippen molar-refractivity contribution in [1.82, 2.24) is 9.78 Å². The van der Waals surface area contributed by atoms with Crippen molar-refractivity contribution < 1.29 is 8.42 Å². The van der Waals surface area contributed by atoms with E-state index in [1.165, 1.54) is 0 Å². The van der Waals surface area contributed by atoms with Gasteiger partial charge in [0.2, 0.25) is 0 Å². The van der Waals surface area contributed by atoms with Gasteiger partial charge >= 0.3 is 0 Å². The fourth-order valence-electron chi connectivity index (χ4n) is 3.00. The Labute approximate surface area is 165 Å². The van der Waals surface area contributed by atoms with Crippen molar-refractivity contribution in [2.24, 2.45) is 0 Å². The lowest BCUT2D eigenvalue weighted by Gasteiger charge is -2.13. The Bertz CT molecular complexity index is 1100. The van der Waals surface area contributed by atoms with E-state index in [4.69, 9.17) is 11.6 Å². The van der Waals surface area contributed by atoms with E-state index >= 15 is 0 Å². The van der Waals surface area contributed by atoms with Gasteiger partial charge in [-0.1, -0.05) is 23.7 Å². The molecule has 1 aromatic heterocycles. The van der Waals surface area contributed by atoms with E-state index in [0.717, 1.165) is 22.5 Å². The number of sulfonamides is 1. The van der Waals surface area contributed by atoms with E-state index in [-0.39, 0.29) is 4.90 Å². The number of anilines is 1. The van der Waals surface area contributed by atoms with Crippen molar-refractivity contribution in [3.8, 4) is 0 Å². The third-order valence-electron chi connectivity index (χ3n) is 4.36. The molecule has 0 unspecified atom stereocenters. The van der Waals surface area contributed by atoms with Crippen molar-refractivity contribution in [1.29, 1.82) is 0 Å². The van der Waals surface area contributed by atoms with Crippen molar-refractivity contribution in [2.75, 3.05) is 4.72 Å². The number of hydrogen-bond donors (Lipinski definition) is 1. The Morgan fingerprint density at radius 3 is 2.44 bits per heavy atom. The smallest absolute Gasteiger partial charge is 0.262 e. The fourth-order valence-corrected chi connectivity index (χ4v) is 4.58. The zero-order chi connectivity index (χ0) is 19.8. The van der Waals surface area contributed by atoms with Gasteiger partial charge in [0.1, 0.15) is 0 Å². The first kappa shape index (κ1) is 19.5. The summed E-state index contributed by atoms with van der Waals surface area (Å²) < 4.78 is 30.2. The van der Waals surface area contributed by atoms with Crippen LogP contribution >= 0.6 is 11.6 Å². The standard InChI is InChI=1S/C20H22ClN3O2S/c1-13-9-20(14(2)8-19(13)21)27(25,26)23-18-7-5-6-17(11-18)12-24-16(4)10-15(3)22-24/h5-11,23H,12H2,1-4H3. The van der Waals surface area contributed by atoms with E-state index in [1.807, 2.05) is 42.8 Å². The molecule has 0 aliphatic carbocycles. The Balaban J connectivity index is 1.87. The van der Waals surface area contributed by atoms with Crippen molar-refractivity contribution >= 4 is 27.3 Å². The van der Waals surface area contributed by atoms with Gasteiger partial charge in [-0.2, -0.15) is 5.10 Å².